The van der Waals surface area contributed by atoms with Gasteiger partial charge in [-0.2, -0.15) is 13.2 Å². The maximum Gasteiger partial charge on any atom is 0.416 e. The number of likely N-dealkylation sites (tertiary alicyclic amines) is 1. The van der Waals surface area contributed by atoms with Crippen molar-refractivity contribution in [2.75, 3.05) is 13.1 Å². The summed E-state index contributed by atoms with van der Waals surface area (Å²) < 4.78 is 38.0. The molecule has 1 aliphatic heterocycles. The van der Waals surface area contributed by atoms with E-state index in [0.29, 0.717) is 37.9 Å². The third-order valence-corrected chi connectivity index (χ3v) is 4.09. The van der Waals surface area contributed by atoms with Crippen molar-refractivity contribution in [2.45, 2.75) is 32.0 Å². The lowest BCUT2D eigenvalue weighted by molar-refractivity contribution is -0.137. The van der Waals surface area contributed by atoms with Crippen molar-refractivity contribution >= 4 is 11.9 Å². The van der Waals surface area contributed by atoms with Crippen molar-refractivity contribution in [3.8, 4) is 0 Å². The standard InChI is InChI=1S/C16H20F3N3O2/c17-16(18,19)13-3-1-2-12(8-13)10-21-15(24)22-6-4-11(5-7-22)9-14(20)23/h1-3,8,11H,4-7,9-10H2,(H2,20,23)(H,21,24). The first-order chi connectivity index (χ1) is 11.3. The lowest BCUT2D eigenvalue weighted by Crippen LogP contribution is -2.44. The highest BCUT2D eigenvalue weighted by molar-refractivity contribution is 5.75. The molecule has 0 atom stereocenters. The third-order valence-electron chi connectivity index (χ3n) is 4.09. The molecule has 8 heteroatoms. The number of primary amides is 1. The van der Waals surface area contributed by atoms with Crippen LogP contribution in [0.15, 0.2) is 24.3 Å². The van der Waals surface area contributed by atoms with Crippen molar-refractivity contribution in [1.82, 2.24) is 10.2 Å². The first-order valence-corrected chi connectivity index (χ1v) is 7.73. The molecule has 0 unspecified atom stereocenters. The van der Waals surface area contributed by atoms with Gasteiger partial charge in [-0.15, -0.1) is 0 Å². The number of alkyl halides is 3. The predicted octanol–water partition coefficient (Wildman–Crippen LogP) is 2.50. The highest BCUT2D eigenvalue weighted by atomic mass is 19.4. The van der Waals surface area contributed by atoms with Gasteiger partial charge in [-0.1, -0.05) is 12.1 Å². The number of hydrogen-bond acceptors (Lipinski definition) is 2. The molecule has 0 spiro atoms. The van der Waals surface area contributed by atoms with E-state index in [9.17, 15) is 22.8 Å². The van der Waals surface area contributed by atoms with E-state index in [2.05, 4.69) is 5.32 Å². The molecular weight excluding hydrogens is 323 g/mol. The van der Waals surface area contributed by atoms with Gasteiger partial charge >= 0.3 is 12.2 Å². The van der Waals surface area contributed by atoms with Gasteiger partial charge in [-0.3, -0.25) is 4.79 Å². The Morgan fingerprint density at radius 3 is 2.50 bits per heavy atom. The number of urea groups is 1. The van der Waals surface area contributed by atoms with Crippen molar-refractivity contribution < 1.29 is 22.8 Å². The van der Waals surface area contributed by atoms with Crippen LogP contribution in [0, 0.1) is 5.92 Å². The van der Waals surface area contributed by atoms with Gasteiger partial charge < -0.3 is 16.0 Å². The highest BCUT2D eigenvalue weighted by Gasteiger charge is 2.30. The molecule has 2 rings (SSSR count). The summed E-state index contributed by atoms with van der Waals surface area (Å²) in [5.74, 6) is -0.155. The number of hydrogen-bond donors (Lipinski definition) is 2. The van der Waals surface area contributed by atoms with Gasteiger partial charge in [0.05, 0.1) is 5.56 Å². The summed E-state index contributed by atoms with van der Waals surface area (Å²) >= 11 is 0. The summed E-state index contributed by atoms with van der Waals surface area (Å²) in [5, 5.41) is 2.63. The minimum atomic E-state index is -4.40. The molecule has 0 aromatic heterocycles. The highest BCUT2D eigenvalue weighted by Crippen LogP contribution is 2.29. The molecule has 0 bridgehead atoms. The van der Waals surface area contributed by atoms with Gasteiger partial charge in [-0.25, -0.2) is 4.79 Å². The van der Waals surface area contributed by atoms with Crippen LogP contribution in [0.25, 0.3) is 0 Å². The quantitative estimate of drug-likeness (QED) is 0.881. The van der Waals surface area contributed by atoms with Gasteiger partial charge in [0.15, 0.2) is 0 Å². The normalized spacial score (nSPS) is 16.0. The van der Waals surface area contributed by atoms with Gasteiger partial charge in [0.2, 0.25) is 5.91 Å². The Bertz CT molecular complexity index is 596. The predicted molar refractivity (Wildman–Crippen MR) is 81.8 cm³/mol. The zero-order valence-electron chi connectivity index (χ0n) is 13.1. The number of piperidine rings is 1. The number of carbonyl (C=O) groups is 2. The zero-order chi connectivity index (χ0) is 17.7. The van der Waals surface area contributed by atoms with Crippen LogP contribution in [0.3, 0.4) is 0 Å². The van der Waals surface area contributed by atoms with E-state index in [-0.39, 0.29) is 24.4 Å². The maximum absolute atomic E-state index is 12.7. The van der Waals surface area contributed by atoms with Crippen LogP contribution in [-0.4, -0.2) is 29.9 Å². The van der Waals surface area contributed by atoms with Gasteiger partial charge in [-0.05, 0) is 36.5 Å². The first-order valence-electron chi connectivity index (χ1n) is 7.73. The lowest BCUT2D eigenvalue weighted by Gasteiger charge is -2.31. The van der Waals surface area contributed by atoms with E-state index >= 15 is 0 Å². The first kappa shape index (κ1) is 18.1. The van der Waals surface area contributed by atoms with Gasteiger partial charge in [0.25, 0.3) is 0 Å². The third kappa shape index (κ3) is 5.14. The van der Waals surface area contributed by atoms with Crippen LogP contribution in [0.1, 0.15) is 30.4 Å². The average molecular weight is 343 g/mol. The van der Waals surface area contributed by atoms with Gasteiger partial charge in [0, 0.05) is 26.1 Å². The lowest BCUT2D eigenvalue weighted by atomic mass is 9.93. The Kier molecular flexibility index (Phi) is 5.69. The molecular formula is C16H20F3N3O2. The largest absolute Gasteiger partial charge is 0.416 e. The second kappa shape index (κ2) is 7.55. The number of carbonyl (C=O) groups excluding carboxylic acids is 2. The SMILES string of the molecule is NC(=O)CC1CCN(C(=O)NCc2cccc(C(F)(F)F)c2)CC1. The van der Waals surface area contributed by atoms with E-state index in [4.69, 9.17) is 5.73 Å². The molecule has 1 aromatic rings. The van der Waals surface area contributed by atoms with E-state index in [1.165, 1.54) is 12.1 Å². The molecule has 1 aliphatic rings. The number of halogens is 3. The number of benzene rings is 1. The number of nitrogens with zero attached hydrogens (tertiary/aromatic N) is 1. The fourth-order valence-corrected chi connectivity index (χ4v) is 2.77. The van der Waals surface area contributed by atoms with Crippen LogP contribution in [0.5, 0.6) is 0 Å². The molecule has 3 N–H and O–H groups in total. The van der Waals surface area contributed by atoms with Crippen molar-refractivity contribution in [1.29, 1.82) is 0 Å². The van der Waals surface area contributed by atoms with Gasteiger partial charge in [0.1, 0.15) is 0 Å². The monoisotopic (exact) mass is 343 g/mol. The van der Waals surface area contributed by atoms with Crippen LogP contribution in [0.4, 0.5) is 18.0 Å². The molecule has 0 radical (unpaired) electrons. The van der Waals surface area contributed by atoms with E-state index < -0.39 is 11.7 Å². The second-order valence-corrected chi connectivity index (χ2v) is 5.96. The van der Waals surface area contributed by atoms with Crippen molar-refractivity contribution in [3.05, 3.63) is 35.4 Å². The Labute approximate surface area is 138 Å². The number of nitrogens with one attached hydrogen (secondary N) is 1. The number of rotatable bonds is 4. The molecule has 1 saturated heterocycles. The summed E-state index contributed by atoms with van der Waals surface area (Å²) in [7, 11) is 0. The minimum absolute atomic E-state index is 0.0317. The zero-order valence-corrected chi connectivity index (χ0v) is 13.1. The molecule has 132 valence electrons. The molecule has 0 saturated carbocycles. The van der Waals surface area contributed by atoms with Crippen LogP contribution in [-0.2, 0) is 17.5 Å². The number of amides is 3. The van der Waals surface area contributed by atoms with Crippen molar-refractivity contribution in [3.63, 3.8) is 0 Å². The molecule has 1 aromatic carbocycles. The summed E-state index contributed by atoms with van der Waals surface area (Å²) in [5.41, 5.74) is 4.82. The average Bonchev–Trinajstić information content (AvgIpc) is 2.52. The molecule has 1 fully saturated rings. The fourth-order valence-electron chi connectivity index (χ4n) is 2.77. The second-order valence-electron chi connectivity index (χ2n) is 5.96. The number of nitrogens with two attached hydrogens (primary N) is 1. The Balaban J connectivity index is 1.83. The Morgan fingerprint density at radius 1 is 1.25 bits per heavy atom. The van der Waals surface area contributed by atoms with Crippen LogP contribution >= 0.6 is 0 Å². The van der Waals surface area contributed by atoms with Crippen LogP contribution in [0.2, 0.25) is 0 Å². The summed E-state index contributed by atoms with van der Waals surface area (Å²) in [6.45, 7) is 1.04. The molecule has 3 amide bonds. The fraction of sp³-hybridized carbons (Fsp3) is 0.500. The topological polar surface area (TPSA) is 75.4 Å². The maximum atomic E-state index is 12.7. The summed E-state index contributed by atoms with van der Waals surface area (Å²) in [6, 6.07) is 4.56. The molecule has 5 nitrogen and oxygen atoms in total. The van der Waals surface area contributed by atoms with Crippen LogP contribution < -0.4 is 11.1 Å². The Hall–Kier alpha value is -2.25. The molecule has 1 heterocycles. The Morgan fingerprint density at radius 2 is 1.92 bits per heavy atom. The minimum Gasteiger partial charge on any atom is -0.370 e. The van der Waals surface area contributed by atoms with E-state index in [1.54, 1.807) is 4.90 Å². The smallest absolute Gasteiger partial charge is 0.370 e. The summed E-state index contributed by atoms with van der Waals surface area (Å²) in [4.78, 5) is 24.6. The van der Waals surface area contributed by atoms with E-state index in [0.717, 1.165) is 12.1 Å². The summed E-state index contributed by atoms with van der Waals surface area (Å²) in [6.07, 6.45) is -2.69. The van der Waals surface area contributed by atoms with Crippen molar-refractivity contribution in [2.24, 2.45) is 11.7 Å². The molecule has 0 aliphatic carbocycles. The molecule has 24 heavy (non-hydrogen) atoms. The van der Waals surface area contributed by atoms with E-state index in [1.807, 2.05) is 0 Å².